The summed E-state index contributed by atoms with van der Waals surface area (Å²) in [6.45, 7) is 7.07. The molecule has 0 fully saturated rings. The van der Waals surface area contributed by atoms with E-state index in [9.17, 15) is 4.79 Å². The molecule has 1 atom stereocenters. The van der Waals surface area contributed by atoms with E-state index in [0.717, 1.165) is 23.5 Å². The fraction of sp³-hybridized carbons (Fsp3) is 0.533. The van der Waals surface area contributed by atoms with Gasteiger partial charge in [-0.2, -0.15) is 0 Å². The van der Waals surface area contributed by atoms with E-state index in [0.29, 0.717) is 19.1 Å². The second-order valence-electron chi connectivity index (χ2n) is 5.18. The molecule has 4 nitrogen and oxygen atoms in total. The minimum atomic E-state index is -0.0224. The molecule has 0 unspecified atom stereocenters. The Kier molecular flexibility index (Phi) is 4.30. The molecule has 1 amide bonds. The van der Waals surface area contributed by atoms with E-state index in [2.05, 4.69) is 19.2 Å². The first-order valence-electron chi connectivity index (χ1n) is 6.74. The highest BCUT2D eigenvalue weighted by molar-refractivity contribution is 5.73. The van der Waals surface area contributed by atoms with E-state index >= 15 is 0 Å². The van der Waals surface area contributed by atoms with Gasteiger partial charge in [-0.3, -0.25) is 4.79 Å². The van der Waals surface area contributed by atoms with Crippen LogP contribution in [0.25, 0.3) is 0 Å². The van der Waals surface area contributed by atoms with Crippen LogP contribution in [0.4, 0.5) is 0 Å². The van der Waals surface area contributed by atoms with Gasteiger partial charge in [0.25, 0.3) is 0 Å². The van der Waals surface area contributed by atoms with Crippen molar-refractivity contribution >= 4 is 5.91 Å². The van der Waals surface area contributed by atoms with Crippen molar-refractivity contribution in [1.29, 1.82) is 0 Å². The Morgan fingerprint density at radius 3 is 2.53 bits per heavy atom. The van der Waals surface area contributed by atoms with Crippen molar-refractivity contribution in [2.24, 2.45) is 5.92 Å². The Labute approximate surface area is 114 Å². The molecule has 2 rings (SSSR count). The van der Waals surface area contributed by atoms with Crippen molar-refractivity contribution in [1.82, 2.24) is 5.32 Å². The minimum Gasteiger partial charge on any atom is -0.490 e. The van der Waals surface area contributed by atoms with Gasteiger partial charge in [0.1, 0.15) is 0 Å². The summed E-state index contributed by atoms with van der Waals surface area (Å²) in [7, 11) is 0. The average molecular weight is 263 g/mol. The molecule has 1 N–H and O–H groups in total. The molecule has 1 aliphatic heterocycles. The van der Waals surface area contributed by atoms with Crippen LogP contribution in [-0.2, 0) is 4.79 Å². The van der Waals surface area contributed by atoms with Crippen molar-refractivity contribution < 1.29 is 14.3 Å². The quantitative estimate of drug-likeness (QED) is 0.912. The van der Waals surface area contributed by atoms with Gasteiger partial charge in [-0.1, -0.05) is 19.9 Å². The number of ether oxygens (including phenoxy) is 2. The molecule has 1 heterocycles. The van der Waals surface area contributed by atoms with Crippen LogP contribution in [-0.4, -0.2) is 19.1 Å². The van der Waals surface area contributed by atoms with E-state index in [1.54, 1.807) is 6.92 Å². The highest BCUT2D eigenvalue weighted by Crippen LogP contribution is 2.34. The molecule has 1 aliphatic rings. The van der Waals surface area contributed by atoms with Gasteiger partial charge in [0.05, 0.1) is 19.3 Å². The third-order valence-electron chi connectivity index (χ3n) is 3.16. The molecular weight excluding hydrogens is 242 g/mol. The van der Waals surface area contributed by atoms with Crippen molar-refractivity contribution in [3.63, 3.8) is 0 Å². The summed E-state index contributed by atoms with van der Waals surface area (Å²) < 4.78 is 11.3. The zero-order valence-electron chi connectivity index (χ0n) is 11.7. The van der Waals surface area contributed by atoms with E-state index in [1.165, 1.54) is 0 Å². The lowest BCUT2D eigenvalue weighted by Gasteiger charge is -2.23. The average Bonchev–Trinajstić information content (AvgIpc) is 2.59. The van der Waals surface area contributed by atoms with E-state index in [1.807, 2.05) is 18.2 Å². The number of carbonyl (C=O) groups excluding carboxylic acids is 1. The van der Waals surface area contributed by atoms with Crippen molar-refractivity contribution in [2.75, 3.05) is 13.2 Å². The number of fused-ring (bicyclic) bond motifs is 1. The topological polar surface area (TPSA) is 47.6 Å². The lowest BCUT2D eigenvalue weighted by molar-refractivity contribution is -0.120. The van der Waals surface area contributed by atoms with Crippen molar-refractivity contribution in [3.05, 3.63) is 23.8 Å². The number of amides is 1. The molecule has 0 radical (unpaired) electrons. The SMILES string of the molecule is CC(=O)N[C@@H](c1ccc2c(c1)OCCCO2)C(C)C. The first-order valence-corrected chi connectivity index (χ1v) is 6.74. The number of carbonyl (C=O) groups is 1. The predicted molar refractivity (Wildman–Crippen MR) is 73.4 cm³/mol. The summed E-state index contributed by atoms with van der Waals surface area (Å²) in [5.41, 5.74) is 1.05. The maximum absolute atomic E-state index is 11.3. The standard InChI is InChI=1S/C15H21NO3/c1-10(2)15(16-11(3)17)12-5-6-13-14(9-12)19-8-4-7-18-13/h5-6,9-10,15H,4,7-8H2,1-3H3,(H,16,17)/t15-/m1/s1. The van der Waals surface area contributed by atoms with Crippen molar-refractivity contribution in [3.8, 4) is 11.5 Å². The number of benzene rings is 1. The van der Waals surface area contributed by atoms with E-state index in [-0.39, 0.29) is 11.9 Å². The Bertz CT molecular complexity index is 457. The Balaban J connectivity index is 2.28. The van der Waals surface area contributed by atoms with Crippen LogP contribution in [0.1, 0.15) is 38.8 Å². The van der Waals surface area contributed by atoms with E-state index < -0.39 is 0 Å². The van der Waals surface area contributed by atoms with Gasteiger partial charge in [-0.05, 0) is 23.6 Å². The number of hydrogen-bond acceptors (Lipinski definition) is 3. The summed E-state index contributed by atoms with van der Waals surface area (Å²) in [4.78, 5) is 11.3. The van der Waals surface area contributed by atoms with Gasteiger partial charge in [0.2, 0.25) is 5.91 Å². The van der Waals surface area contributed by atoms with Gasteiger partial charge >= 0.3 is 0 Å². The first kappa shape index (κ1) is 13.7. The maximum Gasteiger partial charge on any atom is 0.217 e. The molecule has 0 spiro atoms. The number of nitrogens with one attached hydrogen (secondary N) is 1. The molecule has 0 saturated heterocycles. The molecule has 1 aromatic rings. The third-order valence-corrected chi connectivity index (χ3v) is 3.16. The summed E-state index contributed by atoms with van der Waals surface area (Å²) in [6.07, 6.45) is 0.892. The van der Waals surface area contributed by atoms with Crippen LogP contribution in [0.5, 0.6) is 11.5 Å². The van der Waals surface area contributed by atoms with Crippen molar-refractivity contribution in [2.45, 2.75) is 33.2 Å². The predicted octanol–water partition coefficient (Wildman–Crippen LogP) is 2.68. The fourth-order valence-electron chi connectivity index (χ4n) is 2.23. The smallest absolute Gasteiger partial charge is 0.217 e. The van der Waals surface area contributed by atoms with Gasteiger partial charge in [0.15, 0.2) is 11.5 Å². The lowest BCUT2D eigenvalue weighted by Crippen LogP contribution is -2.29. The van der Waals surface area contributed by atoms with Gasteiger partial charge in [-0.15, -0.1) is 0 Å². The van der Waals surface area contributed by atoms with Gasteiger partial charge in [-0.25, -0.2) is 0 Å². The van der Waals surface area contributed by atoms with Gasteiger partial charge in [0, 0.05) is 13.3 Å². The van der Waals surface area contributed by atoms with E-state index in [4.69, 9.17) is 9.47 Å². The highest BCUT2D eigenvalue weighted by Gasteiger charge is 2.19. The zero-order chi connectivity index (χ0) is 13.8. The molecule has 19 heavy (non-hydrogen) atoms. The van der Waals surface area contributed by atoms with Crippen LogP contribution in [0.3, 0.4) is 0 Å². The molecule has 0 aromatic heterocycles. The molecule has 104 valence electrons. The van der Waals surface area contributed by atoms with Crippen LogP contribution >= 0.6 is 0 Å². The molecule has 0 aliphatic carbocycles. The number of rotatable bonds is 3. The fourth-order valence-corrected chi connectivity index (χ4v) is 2.23. The molecule has 0 saturated carbocycles. The third kappa shape index (κ3) is 3.40. The van der Waals surface area contributed by atoms with Gasteiger partial charge < -0.3 is 14.8 Å². The largest absolute Gasteiger partial charge is 0.490 e. The zero-order valence-corrected chi connectivity index (χ0v) is 11.7. The van der Waals surface area contributed by atoms with Crippen LogP contribution in [0, 0.1) is 5.92 Å². The minimum absolute atomic E-state index is 0.00495. The van der Waals surface area contributed by atoms with Crippen LogP contribution in [0.2, 0.25) is 0 Å². The second-order valence-corrected chi connectivity index (χ2v) is 5.18. The summed E-state index contributed by atoms with van der Waals surface area (Å²) in [6, 6.07) is 5.89. The Morgan fingerprint density at radius 1 is 1.21 bits per heavy atom. The molecule has 1 aromatic carbocycles. The Hall–Kier alpha value is -1.71. The van der Waals surface area contributed by atoms with Crippen LogP contribution < -0.4 is 14.8 Å². The summed E-state index contributed by atoms with van der Waals surface area (Å²) in [5.74, 6) is 1.84. The lowest BCUT2D eigenvalue weighted by atomic mass is 9.95. The first-order chi connectivity index (χ1) is 9.08. The summed E-state index contributed by atoms with van der Waals surface area (Å²) in [5, 5.41) is 2.98. The Morgan fingerprint density at radius 2 is 1.89 bits per heavy atom. The maximum atomic E-state index is 11.3. The second kappa shape index (κ2) is 5.95. The molecular formula is C15H21NO3. The monoisotopic (exact) mass is 263 g/mol. The van der Waals surface area contributed by atoms with Crippen LogP contribution in [0.15, 0.2) is 18.2 Å². The molecule has 4 heteroatoms. The molecule has 0 bridgehead atoms. The summed E-state index contributed by atoms with van der Waals surface area (Å²) >= 11 is 0. The normalized spacial score (nSPS) is 15.8. The highest BCUT2D eigenvalue weighted by atomic mass is 16.5. The number of hydrogen-bond donors (Lipinski definition) is 1.